The lowest BCUT2D eigenvalue weighted by Gasteiger charge is -2.05. The number of aliphatic hydroxyl groups is 1. The van der Waals surface area contributed by atoms with Crippen molar-refractivity contribution >= 4 is 25.8 Å². The van der Waals surface area contributed by atoms with Crippen LogP contribution in [0, 0.1) is 0 Å². The minimum Gasteiger partial charge on any atom is -0.390 e. The number of hydrogen-bond acceptors (Lipinski definition) is 4. The zero-order valence-electron chi connectivity index (χ0n) is 7.59. The van der Waals surface area contributed by atoms with Crippen LogP contribution in [0.1, 0.15) is 0 Å². The molecule has 1 rings (SSSR count). The monoisotopic (exact) mass is 282 g/mol. The van der Waals surface area contributed by atoms with Gasteiger partial charge < -0.3 is 5.11 Å². The van der Waals surface area contributed by atoms with Gasteiger partial charge in [-0.25, -0.2) is 8.42 Å². The lowest BCUT2D eigenvalue weighted by molar-refractivity contribution is 0.174. The van der Waals surface area contributed by atoms with Gasteiger partial charge in [-0.3, -0.25) is 4.68 Å². The van der Waals surface area contributed by atoms with Crippen molar-refractivity contribution in [3.8, 4) is 0 Å². The Morgan fingerprint density at radius 1 is 1.71 bits per heavy atom. The molecule has 1 atom stereocenters. The van der Waals surface area contributed by atoms with Gasteiger partial charge in [0, 0.05) is 17.8 Å². The van der Waals surface area contributed by atoms with Crippen LogP contribution in [0.5, 0.6) is 0 Å². The number of aromatic nitrogens is 2. The normalized spacial score (nSPS) is 14.2. The van der Waals surface area contributed by atoms with E-state index in [1.807, 2.05) is 0 Å². The minimum absolute atomic E-state index is 0.166. The molecule has 0 aliphatic heterocycles. The predicted octanol–water partition coefficient (Wildman–Crippen LogP) is 0.0424. The minimum atomic E-state index is -3.20. The van der Waals surface area contributed by atoms with E-state index in [2.05, 4.69) is 21.0 Å². The maximum Gasteiger partial charge on any atom is 0.178 e. The molecule has 0 fully saturated rings. The van der Waals surface area contributed by atoms with E-state index in [0.717, 1.165) is 6.26 Å². The zero-order valence-corrected chi connectivity index (χ0v) is 9.99. The lowest BCUT2D eigenvalue weighted by Crippen LogP contribution is -2.17. The number of aliphatic hydroxyl groups excluding tert-OH is 1. The van der Waals surface area contributed by atoms with E-state index < -0.39 is 15.9 Å². The summed E-state index contributed by atoms with van der Waals surface area (Å²) >= 11 is 3.11. The van der Waals surface area contributed by atoms with Crippen LogP contribution < -0.4 is 0 Å². The van der Waals surface area contributed by atoms with Crippen molar-refractivity contribution in [1.29, 1.82) is 0 Å². The van der Waals surface area contributed by atoms with Crippen LogP contribution in [0.3, 0.4) is 0 Å². The molecular formula is C7H11BrN2O3S. The van der Waals surface area contributed by atoms with Crippen molar-refractivity contribution in [2.24, 2.45) is 0 Å². The Kier molecular flexibility index (Phi) is 3.68. The standard InChI is InChI=1S/C7H11BrN2O3S/c1-14(12,13)7-3-9-10(5-7)4-6(11)2-8/h3,5-6,11H,2,4H2,1H3. The number of sulfone groups is 1. The van der Waals surface area contributed by atoms with Crippen molar-refractivity contribution in [2.45, 2.75) is 17.5 Å². The maximum absolute atomic E-state index is 11.1. The first kappa shape index (κ1) is 11.7. The molecule has 0 aromatic carbocycles. The van der Waals surface area contributed by atoms with Crippen LogP contribution in [0.25, 0.3) is 0 Å². The Morgan fingerprint density at radius 2 is 2.36 bits per heavy atom. The Bertz CT molecular complexity index is 401. The summed E-state index contributed by atoms with van der Waals surface area (Å²) in [6.07, 6.45) is 3.23. The van der Waals surface area contributed by atoms with E-state index in [9.17, 15) is 13.5 Å². The molecule has 7 heteroatoms. The number of hydrogen-bond donors (Lipinski definition) is 1. The van der Waals surface area contributed by atoms with Crippen LogP contribution in [-0.2, 0) is 16.4 Å². The molecule has 0 spiro atoms. The Balaban J connectivity index is 2.79. The summed E-state index contributed by atoms with van der Waals surface area (Å²) in [7, 11) is -3.20. The van der Waals surface area contributed by atoms with E-state index in [0.29, 0.717) is 5.33 Å². The Hall–Kier alpha value is -0.400. The molecular weight excluding hydrogens is 272 g/mol. The first-order valence-electron chi connectivity index (χ1n) is 3.90. The molecule has 1 aromatic heterocycles. The summed E-state index contributed by atoms with van der Waals surface area (Å²) in [6, 6.07) is 0. The second-order valence-electron chi connectivity index (χ2n) is 2.98. The molecule has 0 amide bonds. The number of alkyl halides is 1. The summed E-state index contributed by atoms with van der Waals surface area (Å²) in [4.78, 5) is 0.166. The molecule has 1 aromatic rings. The van der Waals surface area contributed by atoms with Crippen molar-refractivity contribution in [1.82, 2.24) is 9.78 Å². The van der Waals surface area contributed by atoms with Gasteiger partial charge in [0.1, 0.15) is 4.90 Å². The summed E-state index contributed by atoms with van der Waals surface area (Å²) in [5.41, 5.74) is 0. The van der Waals surface area contributed by atoms with Crippen LogP contribution in [-0.4, -0.2) is 41.0 Å². The van der Waals surface area contributed by atoms with Crippen LogP contribution in [0.15, 0.2) is 17.3 Å². The fraction of sp³-hybridized carbons (Fsp3) is 0.571. The van der Waals surface area contributed by atoms with Gasteiger partial charge in [-0.05, 0) is 0 Å². The summed E-state index contributed by atoms with van der Waals surface area (Å²) in [6.45, 7) is 0.279. The number of halogens is 1. The third-order valence-electron chi connectivity index (χ3n) is 1.61. The molecule has 0 bridgehead atoms. The quantitative estimate of drug-likeness (QED) is 0.792. The fourth-order valence-corrected chi connectivity index (χ4v) is 1.66. The van der Waals surface area contributed by atoms with Crippen LogP contribution in [0.4, 0.5) is 0 Å². The molecule has 0 aliphatic carbocycles. The van der Waals surface area contributed by atoms with E-state index in [-0.39, 0.29) is 11.4 Å². The Labute approximate surface area is 90.8 Å². The van der Waals surface area contributed by atoms with Gasteiger partial charge in [0.2, 0.25) is 0 Å². The second-order valence-corrected chi connectivity index (χ2v) is 5.64. The van der Waals surface area contributed by atoms with Crippen LogP contribution >= 0.6 is 15.9 Å². The first-order valence-corrected chi connectivity index (χ1v) is 6.91. The molecule has 80 valence electrons. The molecule has 1 heterocycles. The molecule has 5 nitrogen and oxygen atoms in total. The van der Waals surface area contributed by atoms with Crippen LogP contribution in [0.2, 0.25) is 0 Å². The zero-order chi connectivity index (χ0) is 10.8. The van der Waals surface area contributed by atoms with Gasteiger partial charge in [-0.1, -0.05) is 15.9 Å². The van der Waals surface area contributed by atoms with E-state index >= 15 is 0 Å². The average Bonchev–Trinajstić information content (AvgIpc) is 2.51. The molecule has 0 aliphatic rings. The topological polar surface area (TPSA) is 72.2 Å². The second kappa shape index (κ2) is 4.41. The van der Waals surface area contributed by atoms with Gasteiger partial charge >= 0.3 is 0 Å². The highest BCUT2D eigenvalue weighted by atomic mass is 79.9. The highest BCUT2D eigenvalue weighted by molar-refractivity contribution is 9.09. The van der Waals surface area contributed by atoms with Crippen molar-refractivity contribution < 1.29 is 13.5 Å². The third-order valence-corrected chi connectivity index (χ3v) is 3.43. The summed E-state index contributed by atoms with van der Waals surface area (Å²) in [5, 5.41) is 13.5. The molecule has 0 saturated carbocycles. The molecule has 1 unspecified atom stereocenters. The molecule has 0 radical (unpaired) electrons. The van der Waals surface area contributed by atoms with Gasteiger partial charge in [-0.15, -0.1) is 0 Å². The lowest BCUT2D eigenvalue weighted by atomic mass is 10.4. The average molecular weight is 283 g/mol. The largest absolute Gasteiger partial charge is 0.390 e. The van der Waals surface area contributed by atoms with E-state index in [1.54, 1.807) is 0 Å². The first-order chi connectivity index (χ1) is 6.43. The van der Waals surface area contributed by atoms with Gasteiger partial charge in [-0.2, -0.15) is 5.10 Å². The molecule has 0 saturated heterocycles. The fourth-order valence-electron chi connectivity index (χ4n) is 0.901. The summed E-state index contributed by atoms with van der Waals surface area (Å²) in [5.74, 6) is 0. The maximum atomic E-state index is 11.1. The van der Waals surface area contributed by atoms with Crippen molar-refractivity contribution in [3.63, 3.8) is 0 Å². The highest BCUT2D eigenvalue weighted by Crippen LogP contribution is 2.07. The van der Waals surface area contributed by atoms with Gasteiger partial charge in [0.05, 0.1) is 18.8 Å². The highest BCUT2D eigenvalue weighted by Gasteiger charge is 2.11. The Morgan fingerprint density at radius 3 is 2.79 bits per heavy atom. The number of nitrogens with zero attached hydrogens (tertiary/aromatic N) is 2. The number of rotatable bonds is 4. The SMILES string of the molecule is CS(=O)(=O)c1cnn(CC(O)CBr)c1. The van der Waals surface area contributed by atoms with Crippen molar-refractivity contribution in [3.05, 3.63) is 12.4 Å². The predicted molar refractivity (Wildman–Crippen MR) is 55.1 cm³/mol. The van der Waals surface area contributed by atoms with E-state index in [4.69, 9.17) is 0 Å². The molecule has 1 N–H and O–H groups in total. The smallest absolute Gasteiger partial charge is 0.178 e. The van der Waals surface area contributed by atoms with Gasteiger partial charge in [0.15, 0.2) is 9.84 Å². The van der Waals surface area contributed by atoms with E-state index in [1.165, 1.54) is 17.1 Å². The summed E-state index contributed by atoms with van der Waals surface area (Å²) < 4.78 is 23.6. The molecule has 14 heavy (non-hydrogen) atoms. The third kappa shape index (κ3) is 3.07. The van der Waals surface area contributed by atoms with Crippen molar-refractivity contribution in [2.75, 3.05) is 11.6 Å². The van der Waals surface area contributed by atoms with Gasteiger partial charge in [0.25, 0.3) is 0 Å².